The van der Waals surface area contributed by atoms with Crippen LogP contribution in [0.5, 0.6) is 0 Å². The van der Waals surface area contributed by atoms with E-state index < -0.39 is 11.6 Å². The molecule has 2 rings (SSSR count). The molecule has 0 saturated heterocycles. The van der Waals surface area contributed by atoms with Gasteiger partial charge < -0.3 is 5.32 Å². The Morgan fingerprint density at radius 2 is 2.17 bits per heavy atom. The first kappa shape index (κ1) is 12.7. The van der Waals surface area contributed by atoms with Gasteiger partial charge in [0.25, 0.3) is 0 Å². The van der Waals surface area contributed by atoms with Crippen LogP contribution >= 0.6 is 0 Å². The lowest BCUT2D eigenvalue weighted by Gasteiger charge is -2.06. The van der Waals surface area contributed by atoms with E-state index in [4.69, 9.17) is 0 Å². The Bertz CT molecular complexity index is 537. The predicted octanol–water partition coefficient (Wildman–Crippen LogP) is 2.49. The van der Waals surface area contributed by atoms with Crippen LogP contribution in [0.3, 0.4) is 0 Å². The first-order valence-corrected chi connectivity index (χ1v) is 5.73. The van der Waals surface area contributed by atoms with Crippen molar-refractivity contribution in [3.05, 3.63) is 53.4 Å². The van der Waals surface area contributed by atoms with E-state index >= 15 is 0 Å². The number of halogens is 2. The summed E-state index contributed by atoms with van der Waals surface area (Å²) in [5.74, 6) is -1.12. The largest absolute Gasteiger partial charge is 0.313 e. The van der Waals surface area contributed by atoms with E-state index in [-0.39, 0.29) is 6.04 Å². The van der Waals surface area contributed by atoms with Crippen molar-refractivity contribution in [2.45, 2.75) is 19.5 Å². The van der Waals surface area contributed by atoms with Crippen LogP contribution in [0.1, 0.15) is 24.1 Å². The molecule has 0 aliphatic rings. The summed E-state index contributed by atoms with van der Waals surface area (Å²) >= 11 is 0. The smallest absolute Gasteiger partial charge is 0.131 e. The lowest BCUT2D eigenvalue weighted by molar-refractivity contribution is 0.558. The van der Waals surface area contributed by atoms with E-state index in [9.17, 15) is 8.78 Å². The van der Waals surface area contributed by atoms with Crippen molar-refractivity contribution < 1.29 is 8.78 Å². The highest BCUT2D eigenvalue weighted by Gasteiger charge is 2.08. The molecule has 0 spiro atoms. The number of aromatic nitrogens is 2. The molecular weight excluding hydrogens is 236 g/mol. The molecule has 0 bridgehead atoms. The molecule has 96 valence electrons. The quantitative estimate of drug-likeness (QED) is 0.904. The molecule has 1 atom stereocenters. The zero-order chi connectivity index (χ0) is 13.1. The van der Waals surface area contributed by atoms with Crippen LogP contribution < -0.4 is 5.32 Å². The molecular formula is C13H15F2N3. The summed E-state index contributed by atoms with van der Waals surface area (Å²) in [6.45, 7) is 2.31. The van der Waals surface area contributed by atoms with E-state index in [0.29, 0.717) is 12.1 Å². The third kappa shape index (κ3) is 2.73. The van der Waals surface area contributed by atoms with Gasteiger partial charge in [0.1, 0.15) is 11.6 Å². The zero-order valence-electron chi connectivity index (χ0n) is 10.3. The number of hydrogen-bond acceptors (Lipinski definition) is 2. The summed E-state index contributed by atoms with van der Waals surface area (Å²) in [5, 5.41) is 7.26. The number of rotatable bonds is 4. The van der Waals surface area contributed by atoms with E-state index in [2.05, 4.69) is 10.4 Å². The molecule has 2 aromatic rings. The maximum Gasteiger partial charge on any atom is 0.131 e. The molecule has 1 aromatic heterocycles. The van der Waals surface area contributed by atoms with Crippen LogP contribution in [0, 0.1) is 11.6 Å². The van der Waals surface area contributed by atoms with Gasteiger partial charge in [0.2, 0.25) is 0 Å². The Morgan fingerprint density at radius 3 is 2.83 bits per heavy atom. The molecule has 1 unspecified atom stereocenters. The molecule has 0 saturated carbocycles. The zero-order valence-corrected chi connectivity index (χ0v) is 10.3. The maximum atomic E-state index is 13.5. The maximum absolute atomic E-state index is 13.5. The third-order valence-electron chi connectivity index (χ3n) is 2.93. The van der Waals surface area contributed by atoms with Gasteiger partial charge in [-0.3, -0.25) is 4.68 Å². The van der Waals surface area contributed by atoms with Crippen molar-refractivity contribution in [1.29, 1.82) is 0 Å². The van der Waals surface area contributed by atoms with Crippen molar-refractivity contribution in [1.82, 2.24) is 15.1 Å². The molecule has 0 aliphatic carbocycles. The van der Waals surface area contributed by atoms with E-state index in [1.54, 1.807) is 10.9 Å². The summed E-state index contributed by atoms with van der Waals surface area (Å²) in [7, 11) is 1.86. The third-order valence-corrected chi connectivity index (χ3v) is 2.93. The summed E-state index contributed by atoms with van der Waals surface area (Å²) < 4.78 is 27.9. The summed E-state index contributed by atoms with van der Waals surface area (Å²) in [6.07, 6.45) is 3.59. The van der Waals surface area contributed by atoms with Crippen LogP contribution in [-0.2, 0) is 6.54 Å². The fourth-order valence-electron chi connectivity index (χ4n) is 1.68. The second kappa shape index (κ2) is 5.27. The minimum absolute atomic E-state index is 0.191. The van der Waals surface area contributed by atoms with Crippen LogP contribution in [0.25, 0.3) is 0 Å². The Hall–Kier alpha value is -1.75. The fourth-order valence-corrected chi connectivity index (χ4v) is 1.68. The van der Waals surface area contributed by atoms with Gasteiger partial charge in [-0.2, -0.15) is 5.10 Å². The first-order valence-electron chi connectivity index (χ1n) is 5.73. The van der Waals surface area contributed by atoms with Crippen molar-refractivity contribution in [2.24, 2.45) is 0 Å². The van der Waals surface area contributed by atoms with Crippen molar-refractivity contribution >= 4 is 0 Å². The average Bonchev–Trinajstić information content (AvgIpc) is 2.80. The molecule has 1 N–H and O–H groups in total. The molecule has 0 fully saturated rings. The predicted molar refractivity (Wildman–Crippen MR) is 65.2 cm³/mol. The van der Waals surface area contributed by atoms with E-state index in [1.165, 1.54) is 12.1 Å². The second-order valence-electron chi connectivity index (χ2n) is 4.22. The number of hydrogen-bond donors (Lipinski definition) is 1. The molecule has 3 nitrogen and oxygen atoms in total. The van der Waals surface area contributed by atoms with Gasteiger partial charge in [-0.05, 0) is 20.0 Å². The van der Waals surface area contributed by atoms with Gasteiger partial charge in [0.15, 0.2) is 0 Å². The normalized spacial score (nSPS) is 12.7. The summed E-state index contributed by atoms with van der Waals surface area (Å²) in [4.78, 5) is 0. The van der Waals surface area contributed by atoms with Crippen LogP contribution in [0.2, 0.25) is 0 Å². The lowest BCUT2D eigenvalue weighted by atomic mass is 10.2. The van der Waals surface area contributed by atoms with Crippen LogP contribution in [0.4, 0.5) is 8.78 Å². The molecule has 5 heteroatoms. The fraction of sp³-hybridized carbons (Fsp3) is 0.308. The number of nitrogens with zero attached hydrogens (tertiary/aromatic N) is 2. The van der Waals surface area contributed by atoms with Gasteiger partial charge in [-0.15, -0.1) is 0 Å². The van der Waals surface area contributed by atoms with Crippen molar-refractivity contribution in [2.75, 3.05) is 7.05 Å². The second-order valence-corrected chi connectivity index (χ2v) is 4.22. The summed E-state index contributed by atoms with van der Waals surface area (Å²) in [5.41, 5.74) is 1.45. The highest BCUT2D eigenvalue weighted by Crippen LogP contribution is 2.13. The van der Waals surface area contributed by atoms with Gasteiger partial charge in [-0.25, -0.2) is 8.78 Å². The van der Waals surface area contributed by atoms with Crippen LogP contribution in [0.15, 0.2) is 30.6 Å². The molecule has 0 radical (unpaired) electrons. The number of benzene rings is 1. The standard InChI is InChI=1S/C13H15F2N3/c1-9(16-2)11-6-17-18(8-11)7-10-3-4-12(14)5-13(10)15/h3-6,8-9,16H,7H2,1-2H3. The highest BCUT2D eigenvalue weighted by atomic mass is 19.1. The van der Waals surface area contributed by atoms with Gasteiger partial charge >= 0.3 is 0 Å². The number of nitrogens with one attached hydrogen (secondary N) is 1. The van der Waals surface area contributed by atoms with Crippen LogP contribution in [-0.4, -0.2) is 16.8 Å². The lowest BCUT2D eigenvalue weighted by Crippen LogP contribution is -2.11. The Morgan fingerprint density at radius 1 is 1.39 bits per heavy atom. The minimum Gasteiger partial charge on any atom is -0.313 e. The summed E-state index contributed by atoms with van der Waals surface area (Å²) in [6, 6.07) is 3.76. The Kier molecular flexibility index (Phi) is 3.72. The van der Waals surface area contributed by atoms with Gasteiger partial charge in [0, 0.05) is 29.4 Å². The molecule has 0 aliphatic heterocycles. The van der Waals surface area contributed by atoms with Crippen molar-refractivity contribution in [3.63, 3.8) is 0 Å². The first-order chi connectivity index (χ1) is 8.60. The molecule has 0 amide bonds. The van der Waals surface area contributed by atoms with E-state index in [1.807, 2.05) is 20.2 Å². The topological polar surface area (TPSA) is 29.9 Å². The van der Waals surface area contributed by atoms with Gasteiger partial charge in [0.05, 0.1) is 12.7 Å². The van der Waals surface area contributed by atoms with E-state index in [0.717, 1.165) is 11.6 Å². The molecule has 18 heavy (non-hydrogen) atoms. The monoisotopic (exact) mass is 251 g/mol. The average molecular weight is 251 g/mol. The Labute approximate surface area is 104 Å². The molecule has 1 heterocycles. The molecule has 1 aromatic carbocycles. The van der Waals surface area contributed by atoms with Crippen molar-refractivity contribution in [3.8, 4) is 0 Å². The SMILES string of the molecule is CNC(C)c1cnn(Cc2ccc(F)cc2F)c1. The minimum atomic E-state index is -0.568. The highest BCUT2D eigenvalue weighted by molar-refractivity contribution is 5.19. The Balaban J connectivity index is 2.16. The van der Waals surface area contributed by atoms with Gasteiger partial charge in [-0.1, -0.05) is 6.07 Å².